The highest BCUT2D eigenvalue weighted by molar-refractivity contribution is 5.83. The van der Waals surface area contributed by atoms with E-state index in [2.05, 4.69) is 13.8 Å². The van der Waals surface area contributed by atoms with Crippen LogP contribution in [0.2, 0.25) is 0 Å². The summed E-state index contributed by atoms with van der Waals surface area (Å²) in [5.41, 5.74) is 7.28. The molecule has 1 aromatic carbocycles. The first kappa shape index (κ1) is 14.7. The number of ether oxygens (including phenoxy) is 1. The molecule has 18 heavy (non-hydrogen) atoms. The van der Waals surface area contributed by atoms with Crippen LogP contribution in [-0.4, -0.2) is 19.6 Å². The fourth-order valence-electron chi connectivity index (χ4n) is 2.37. The summed E-state index contributed by atoms with van der Waals surface area (Å²) < 4.78 is 4.97. The third-order valence-corrected chi connectivity index (χ3v) is 3.29. The molecule has 100 valence electrons. The van der Waals surface area contributed by atoms with Crippen molar-refractivity contribution in [3.63, 3.8) is 0 Å². The molecule has 0 heterocycles. The van der Waals surface area contributed by atoms with Gasteiger partial charge in [-0.25, -0.2) is 0 Å². The largest absolute Gasteiger partial charge is 0.468 e. The molecule has 0 fully saturated rings. The minimum Gasteiger partial charge on any atom is -0.468 e. The summed E-state index contributed by atoms with van der Waals surface area (Å²) in [6.07, 6.45) is 0.694. The molecule has 0 spiro atoms. The number of hydrogen-bond donors (Lipinski definition) is 1. The summed E-state index contributed by atoms with van der Waals surface area (Å²) in [6.45, 7) is 6.46. The molecule has 0 saturated carbocycles. The maximum atomic E-state index is 12.2. The molecule has 0 amide bonds. The average molecular weight is 249 g/mol. The monoisotopic (exact) mass is 249 g/mol. The number of methoxy groups -OCH3 is 1. The normalized spacial score (nSPS) is 14.3. The Hall–Kier alpha value is -1.35. The summed E-state index contributed by atoms with van der Waals surface area (Å²) in [4.78, 5) is 12.2. The second-order valence-electron chi connectivity index (χ2n) is 5.24. The highest BCUT2D eigenvalue weighted by atomic mass is 16.5. The molecule has 0 radical (unpaired) electrons. The van der Waals surface area contributed by atoms with Crippen LogP contribution in [0.1, 0.15) is 31.4 Å². The van der Waals surface area contributed by atoms with Crippen LogP contribution in [0.5, 0.6) is 0 Å². The van der Waals surface area contributed by atoms with Crippen LogP contribution in [0.3, 0.4) is 0 Å². The van der Waals surface area contributed by atoms with E-state index in [1.165, 1.54) is 12.7 Å². The number of nitrogens with two attached hydrogens (primary N) is 1. The van der Waals surface area contributed by atoms with Crippen LogP contribution in [0, 0.1) is 12.8 Å². The van der Waals surface area contributed by atoms with E-state index < -0.39 is 5.41 Å². The van der Waals surface area contributed by atoms with E-state index in [9.17, 15) is 4.79 Å². The Morgan fingerprint density at radius 1 is 1.33 bits per heavy atom. The molecule has 1 rings (SSSR count). The Morgan fingerprint density at radius 3 is 2.28 bits per heavy atom. The molecule has 1 aromatic rings. The summed E-state index contributed by atoms with van der Waals surface area (Å²) in [5, 5.41) is 0. The fourth-order valence-corrected chi connectivity index (χ4v) is 2.37. The Bertz CT molecular complexity index is 397. The second kappa shape index (κ2) is 6.01. The quantitative estimate of drug-likeness (QED) is 0.815. The first-order chi connectivity index (χ1) is 8.46. The maximum Gasteiger partial charge on any atom is 0.317 e. The smallest absolute Gasteiger partial charge is 0.317 e. The van der Waals surface area contributed by atoms with E-state index in [4.69, 9.17) is 10.5 Å². The van der Waals surface area contributed by atoms with Crippen LogP contribution >= 0.6 is 0 Å². The van der Waals surface area contributed by atoms with Gasteiger partial charge in [-0.3, -0.25) is 4.79 Å². The van der Waals surface area contributed by atoms with Gasteiger partial charge in [-0.15, -0.1) is 0 Å². The van der Waals surface area contributed by atoms with Crippen molar-refractivity contribution in [2.24, 2.45) is 11.7 Å². The van der Waals surface area contributed by atoms with Gasteiger partial charge in [0, 0.05) is 6.54 Å². The molecule has 1 unspecified atom stereocenters. The number of carbonyl (C=O) groups is 1. The van der Waals surface area contributed by atoms with Gasteiger partial charge in [0.15, 0.2) is 0 Å². The minimum atomic E-state index is -0.726. The van der Waals surface area contributed by atoms with Gasteiger partial charge in [-0.2, -0.15) is 0 Å². The predicted molar refractivity (Wildman–Crippen MR) is 73.4 cm³/mol. The van der Waals surface area contributed by atoms with E-state index in [-0.39, 0.29) is 12.5 Å². The lowest BCUT2D eigenvalue weighted by molar-refractivity contribution is -0.148. The average Bonchev–Trinajstić information content (AvgIpc) is 2.35. The molecule has 0 aromatic heterocycles. The zero-order chi connectivity index (χ0) is 13.8. The summed E-state index contributed by atoms with van der Waals surface area (Å²) in [6, 6.07) is 7.95. The Kier molecular flexibility index (Phi) is 4.91. The number of rotatable bonds is 5. The molecule has 0 bridgehead atoms. The Morgan fingerprint density at radius 2 is 1.89 bits per heavy atom. The highest BCUT2D eigenvalue weighted by Gasteiger charge is 2.40. The highest BCUT2D eigenvalue weighted by Crippen LogP contribution is 2.32. The Balaban J connectivity index is 3.24. The predicted octanol–water partition coefficient (Wildman–Crippen LogP) is 2.41. The third kappa shape index (κ3) is 2.91. The molecule has 1 atom stereocenters. The number of hydrogen-bond acceptors (Lipinski definition) is 3. The molecular weight excluding hydrogens is 226 g/mol. The van der Waals surface area contributed by atoms with Gasteiger partial charge in [0.25, 0.3) is 0 Å². The van der Waals surface area contributed by atoms with Crippen molar-refractivity contribution < 1.29 is 9.53 Å². The number of aryl methyl sites for hydroxylation is 1. The lowest BCUT2D eigenvalue weighted by Gasteiger charge is -2.31. The van der Waals surface area contributed by atoms with Gasteiger partial charge >= 0.3 is 5.97 Å². The van der Waals surface area contributed by atoms with Crippen molar-refractivity contribution in [2.45, 2.75) is 32.6 Å². The molecule has 0 aliphatic rings. The first-order valence-corrected chi connectivity index (χ1v) is 6.32. The Labute approximate surface area is 109 Å². The van der Waals surface area contributed by atoms with Crippen molar-refractivity contribution in [3.05, 3.63) is 35.4 Å². The minimum absolute atomic E-state index is 0.248. The zero-order valence-electron chi connectivity index (χ0n) is 11.7. The zero-order valence-corrected chi connectivity index (χ0v) is 11.7. The lowest BCUT2D eigenvalue weighted by atomic mass is 9.74. The molecule has 3 nitrogen and oxygen atoms in total. The third-order valence-electron chi connectivity index (χ3n) is 3.29. The van der Waals surface area contributed by atoms with Crippen LogP contribution < -0.4 is 5.73 Å². The van der Waals surface area contributed by atoms with E-state index in [1.807, 2.05) is 31.2 Å². The van der Waals surface area contributed by atoms with E-state index in [0.29, 0.717) is 12.3 Å². The van der Waals surface area contributed by atoms with Crippen molar-refractivity contribution in [3.8, 4) is 0 Å². The van der Waals surface area contributed by atoms with E-state index in [0.717, 1.165) is 5.56 Å². The summed E-state index contributed by atoms with van der Waals surface area (Å²) in [7, 11) is 1.42. The van der Waals surface area contributed by atoms with Crippen molar-refractivity contribution in [1.29, 1.82) is 0 Å². The number of carbonyl (C=O) groups excluding carboxylic acids is 1. The second-order valence-corrected chi connectivity index (χ2v) is 5.24. The van der Waals surface area contributed by atoms with Gasteiger partial charge in [0.1, 0.15) is 5.41 Å². The van der Waals surface area contributed by atoms with Gasteiger partial charge in [0.05, 0.1) is 7.11 Å². The van der Waals surface area contributed by atoms with E-state index >= 15 is 0 Å². The molecule has 2 N–H and O–H groups in total. The molecule has 3 heteroatoms. The standard InChI is InChI=1S/C15H23NO2/c1-11(2)9-15(10-16,14(17)18-4)13-7-5-12(3)6-8-13/h5-8,11H,9-10,16H2,1-4H3. The number of esters is 1. The van der Waals surface area contributed by atoms with Gasteiger partial charge in [0.2, 0.25) is 0 Å². The molecule has 0 aliphatic heterocycles. The van der Waals surface area contributed by atoms with Crippen LogP contribution in [0.15, 0.2) is 24.3 Å². The molecule has 0 aliphatic carbocycles. The van der Waals surface area contributed by atoms with Gasteiger partial charge < -0.3 is 10.5 Å². The molecule has 0 saturated heterocycles. The van der Waals surface area contributed by atoms with Crippen molar-refractivity contribution >= 4 is 5.97 Å². The van der Waals surface area contributed by atoms with Crippen LogP contribution in [0.4, 0.5) is 0 Å². The first-order valence-electron chi connectivity index (χ1n) is 6.32. The van der Waals surface area contributed by atoms with Crippen molar-refractivity contribution in [1.82, 2.24) is 0 Å². The van der Waals surface area contributed by atoms with E-state index in [1.54, 1.807) is 0 Å². The lowest BCUT2D eigenvalue weighted by Crippen LogP contribution is -2.44. The topological polar surface area (TPSA) is 52.3 Å². The fraction of sp³-hybridized carbons (Fsp3) is 0.533. The summed E-state index contributed by atoms with van der Waals surface area (Å²) >= 11 is 0. The SMILES string of the molecule is COC(=O)C(CN)(CC(C)C)c1ccc(C)cc1. The number of benzene rings is 1. The van der Waals surface area contributed by atoms with Crippen molar-refractivity contribution in [2.75, 3.05) is 13.7 Å². The maximum absolute atomic E-state index is 12.2. The van der Waals surface area contributed by atoms with Gasteiger partial charge in [-0.05, 0) is 24.8 Å². The van der Waals surface area contributed by atoms with Crippen LogP contribution in [0.25, 0.3) is 0 Å². The van der Waals surface area contributed by atoms with Crippen LogP contribution in [-0.2, 0) is 14.9 Å². The summed E-state index contributed by atoms with van der Waals surface area (Å²) in [5.74, 6) is 0.122. The van der Waals surface area contributed by atoms with Gasteiger partial charge in [-0.1, -0.05) is 43.7 Å². The molecular formula is C15H23NO2.